The molecule has 2 N–H and O–H groups in total. The number of carbonyl (C=O) groups excluding carboxylic acids is 1. The largest absolute Gasteiger partial charge is 0.337 e. The van der Waals surface area contributed by atoms with Crippen LogP contribution in [0.5, 0.6) is 0 Å². The van der Waals surface area contributed by atoms with Gasteiger partial charge in [0.25, 0.3) is 11.6 Å². The number of nitrogens with zero attached hydrogens (tertiary/aromatic N) is 2. The molecule has 0 aromatic heterocycles. The first-order valence-corrected chi connectivity index (χ1v) is 6.37. The van der Waals surface area contributed by atoms with Gasteiger partial charge in [-0.2, -0.15) is 0 Å². The van der Waals surface area contributed by atoms with E-state index in [2.05, 4.69) is 0 Å². The van der Waals surface area contributed by atoms with Crippen LogP contribution in [0.25, 0.3) is 0 Å². The fraction of sp³-hybridized carbons (Fsp3) is 0.462. The van der Waals surface area contributed by atoms with Crippen LogP contribution < -0.4 is 5.73 Å². The quantitative estimate of drug-likeness (QED) is 0.657. The number of nitro groups is 1. The zero-order valence-corrected chi connectivity index (χ0v) is 11.1. The minimum atomic E-state index is -0.757. The van der Waals surface area contributed by atoms with Crippen LogP contribution in [0.15, 0.2) is 18.2 Å². The van der Waals surface area contributed by atoms with Crippen molar-refractivity contribution in [1.82, 2.24) is 4.90 Å². The number of halogens is 1. The van der Waals surface area contributed by atoms with E-state index in [1.807, 2.05) is 6.92 Å². The number of nitro benzene ring substituents is 1. The highest BCUT2D eigenvalue weighted by Crippen LogP contribution is 2.22. The van der Waals surface area contributed by atoms with Gasteiger partial charge in [-0.25, -0.2) is 4.39 Å². The molecular weight excluding hydrogens is 265 g/mol. The van der Waals surface area contributed by atoms with E-state index in [-0.39, 0.29) is 23.2 Å². The Bertz CT molecular complexity index is 540. The molecule has 1 aliphatic heterocycles. The molecule has 1 saturated heterocycles. The molecule has 0 aliphatic carbocycles. The summed E-state index contributed by atoms with van der Waals surface area (Å²) in [4.78, 5) is 23.8. The molecule has 1 fully saturated rings. The maximum Gasteiger partial charge on any atom is 0.270 e. The van der Waals surface area contributed by atoms with Crippen LogP contribution in [0.3, 0.4) is 0 Å². The third kappa shape index (κ3) is 2.93. The van der Waals surface area contributed by atoms with Crippen molar-refractivity contribution >= 4 is 11.6 Å². The molecule has 0 bridgehead atoms. The van der Waals surface area contributed by atoms with Crippen molar-refractivity contribution in [3.8, 4) is 0 Å². The van der Waals surface area contributed by atoms with Crippen LogP contribution in [0.2, 0.25) is 0 Å². The molecule has 0 saturated carbocycles. The van der Waals surface area contributed by atoms with E-state index in [9.17, 15) is 19.3 Å². The van der Waals surface area contributed by atoms with E-state index < -0.39 is 16.6 Å². The van der Waals surface area contributed by atoms with Gasteiger partial charge >= 0.3 is 0 Å². The maximum absolute atomic E-state index is 13.7. The van der Waals surface area contributed by atoms with Gasteiger partial charge in [-0.3, -0.25) is 14.9 Å². The molecule has 2 unspecified atom stereocenters. The Labute approximate surface area is 115 Å². The molecule has 108 valence electrons. The van der Waals surface area contributed by atoms with Crippen LogP contribution in [0, 0.1) is 21.8 Å². The zero-order valence-electron chi connectivity index (χ0n) is 11.1. The zero-order chi connectivity index (χ0) is 14.9. The first kappa shape index (κ1) is 14.4. The van der Waals surface area contributed by atoms with Crippen molar-refractivity contribution in [3.63, 3.8) is 0 Å². The van der Waals surface area contributed by atoms with E-state index in [0.29, 0.717) is 13.1 Å². The molecule has 20 heavy (non-hydrogen) atoms. The van der Waals surface area contributed by atoms with E-state index >= 15 is 0 Å². The Morgan fingerprint density at radius 1 is 1.50 bits per heavy atom. The molecule has 1 aromatic rings. The second kappa shape index (κ2) is 5.54. The summed E-state index contributed by atoms with van der Waals surface area (Å²) in [7, 11) is 0. The smallest absolute Gasteiger partial charge is 0.270 e. The molecule has 0 radical (unpaired) electrons. The van der Waals surface area contributed by atoms with Gasteiger partial charge < -0.3 is 10.6 Å². The van der Waals surface area contributed by atoms with Gasteiger partial charge in [-0.1, -0.05) is 6.92 Å². The normalized spacial score (nSPS) is 22.6. The van der Waals surface area contributed by atoms with Crippen molar-refractivity contribution in [1.29, 1.82) is 0 Å². The molecule has 1 aliphatic rings. The minimum Gasteiger partial charge on any atom is -0.337 e. The van der Waals surface area contributed by atoms with Crippen molar-refractivity contribution < 1.29 is 14.1 Å². The predicted molar refractivity (Wildman–Crippen MR) is 70.7 cm³/mol. The summed E-state index contributed by atoms with van der Waals surface area (Å²) in [6.45, 7) is 2.78. The Hall–Kier alpha value is -2.02. The fourth-order valence-electron chi connectivity index (χ4n) is 2.53. The number of likely N-dealkylation sites (tertiary alicyclic amines) is 1. The number of carbonyl (C=O) groups is 1. The molecule has 6 nitrogen and oxygen atoms in total. The highest BCUT2D eigenvalue weighted by Gasteiger charge is 2.28. The molecule has 2 atom stereocenters. The Kier molecular flexibility index (Phi) is 3.99. The SMILES string of the molecule is CC1CC(N)CN(C(=O)c2cc([N+](=O)[O-])ccc2F)C1. The summed E-state index contributed by atoms with van der Waals surface area (Å²) in [5.74, 6) is -1.08. The summed E-state index contributed by atoms with van der Waals surface area (Å²) < 4.78 is 13.7. The summed E-state index contributed by atoms with van der Waals surface area (Å²) in [6, 6.07) is 2.81. The van der Waals surface area contributed by atoms with Gasteiger partial charge in [0, 0.05) is 31.3 Å². The monoisotopic (exact) mass is 281 g/mol. The van der Waals surface area contributed by atoms with E-state index in [4.69, 9.17) is 5.73 Å². The molecule has 1 aromatic carbocycles. The average molecular weight is 281 g/mol. The number of non-ortho nitro benzene ring substituents is 1. The van der Waals surface area contributed by atoms with Crippen molar-refractivity contribution in [2.24, 2.45) is 11.7 Å². The van der Waals surface area contributed by atoms with Crippen LogP contribution in [-0.4, -0.2) is 34.9 Å². The summed E-state index contributed by atoms with van der Waals surface area (Å²) in [5.41, 5.74) is 5.27. The van der Waals surface area contributed by atoms with Gasteiger partial charge in [0.15, 0.2) is 0 Å². The van der Waals surface area contributed by atoms with Crippen molar-refractivity contribution in [2.45, 2.75) is 19.4 Å². The number of rotatable bonds is 2. The first-order chi connectivity index (χ1) is 9.38. The predicted octanol–water partition coefficient (Wildman–Crippen LogP) is 1.54. The summed E-state index contributed by atoms with van der Waals surface area (Å²) in [6.07, 6.45) is 0.807. The van der Waals surface area contributed by atoms with E-state index in [1.54, 1.807) is 0 Å². The minimum absolute atomic E-state index is 0.149. The second-order valence-electron chi connectivity index (χ2n) is 5.23. The number of hydrogen-bond acceptors (Lipinski definition) is 4. The Morgan fingerprint density at radius 2 is 2.20 bits per heavy atom. The molecular formula is C13H16FN3O3. The van der Waals surface area contributed by atoms with Crippen LogP contribution in [-0.2, 0) is 0 Å². The van der Waals surface area contributed by atoms with Crippen molar-refractivity contribution in [3.05, 3.63) is 39.7 Å². The van der Waals surface area contributed by atoms with E-state index in [0.717, 1.165) is 24.6 Å². The van der Waals surface area contributed by atoms with Gasteiger partial charge in [-0.05, 0) is 18.4 Å². The third-order valence-electron chi connectivity index (χ3n) is 3.37. The number of amides is 1. The second-order valence-corrected chi connectivity index (χ2v) is 5.23. The first-order valence-electron chi connectivity index (χ1n) is 6.37. The Morgan fingerprint density at radius 3 is 2.80 bits per heavy atom. The Balaban J connectivity index is 2.28. The lowest BCUT2D eigenvalue weighted by Gasteiger charge is -2.34. The number of nitrogens with two attached hydrogens (primary N) is 1. The third-order valence-corrected chi connectivity index (χ3v) is 3.37. The lowest BCUT2D eigenvalue weighted by molar-refractivity contribution is -0.384. The highest BCUT2D eigenvalue weighted by molar-refractivity contribution is 5.95. The van der Waals surface area contributed by atoms with Crippen LogP contribution >= 0.6 is 0 Å². The van der Waals surface area contributed by atoms with Gasteiger partial charge in [0.2, 0.25) is 0 Å². The van der Waals surface area contributed by atoms with Crippen LogP contribution in [0.1, 0.15) is 23.7 Å². The van der Waals surface area contributed by atoms with Crippen LogP contribution in [0.4, 0.5) is 10.1 Å². The molecule has 1 amide bonds. The molecule has 1 heterocycles. The summed E-state index contributed by atoms with van der Waals surface area (Å²) >= 11 is 0. The summed E-state index contributed by atoms with van der Waals surface area (Å²) in [5, 5.41) is 10.7. The maximum atomic E-state index is 13.7. The fourth-order valence-corrected chi connectivity index (χ4v) is 2.53. The molecule has 7 heteroatoms. The lowest BCUT2D eigenvalue weighted by atomic mass is 9.96. The molecule has 0 spiro atoms. The van der Waals surface area contributed by atoms with Gasteiger partial charge in [0.1, 0.15) is 5.82 Å². The molecule has 2 rings (SSSR count). The number of benzene rings is 1. The lowest BCUT2D eigenvalue weighted by Crippen LogP contribution is -2.49. The van der Waals surface area contributed by atoms with Gasteiger partial charge in [-0.15, -0.1) is 0 Å². The van der Waals surface area contributed by atoms with Gasteiger partial charge in [0.05, 0.1) is 10.5 Å². The average Bonchev–Trinajstić information content (AvgIpc) is 2.37. The number of piperidine rings is 1. The number of hydrogen-bond donors (Lipinski definition) is 1. The van der Waals surface area contributed by atoms with Crippen molar-refractivity contribution in [2.75, 3.05) is 13.1 Å². The van der Waals surface area contributed by atoms with E-state index in [1.165, 1.54) is 4.90 Å². The standard InChI is InChI=1S/C13H16FN3O3/c1-8-4-9(15)7-16(6-8)13(18)11-5-10(17(19)20)2-3-12(11)14/h2-3,5,8-9H,4,6-7,15H2,1H3. The highest BCUT2D eigenvalue weighted by atomic mass is 19.1. The topological polar surface area (TPSA) is 89.5 Å².